The Bertz CT molecular complexity index is 781. The standard InChI is InChI=1S/C15H16N2O5S/c1-15(2,6-5-13(18)19)16-14(20)12-8-9-7-10(17(21)22)3-4-11(9)23-12/h3-4,7-8H,5-6H2,1-2H3,(H,16,20)(H,18,19). The molecule has 0 bridgehead atoms. The van der Waals surface area contributed by atoms with Crippen molar-refractivity contribution in [3.05, 3.63) is 39.3 Å². The zero-order valence-electron chi connectivity index (χ0n) is 12.7. The van der Waals surface area contributed by atoms with Gasteiger partial charge in [-0.05, 0) is 32.4 Å². The van der Waals surface area contributed by atoms with E-state index in [0.29, 0.717) is 16.7 Å². The molecule has 23 heavy (non-hydrogen) atoms. The number of rotatable bonds is 6. The highest BCUT2D eigenvalue weighted by atomic mass is 32.1. The quantitative estimate of drug-likeness (QED) is 0.622. The summed E-state index contributed by atoms with van der Waals surface area (Å²) in [4.78, 5) is 33.7. The second-order valence-corrected chi connectivity index (χ2v) is 6.91. The number of non-ortho nitro benzene ring substituents is 1. The van der Waals surface area contributed by atoms with Crippen molar-refractivity contribution >= 4 is 39.0 Å². The van der Waals surface area contributed by atoms with Gasteiger partial charge in [-0.2, -0.15) is 0 Å². The number of nitrogens with one attached hydrogen (secondary N) is 1. The Hall–Kier alpha value is -2.48. The van der Waals surface area contributed by atoms with Crippen LogP contribution >= 0.6 is 11.3 Å². The van der Waals surface area contributed by atoms with E-state index in [1.54, 1.807) is 26.0 Å². The molecule has 122 valence electrons. The van der Waals surface area contributed by atoms with Crippen LogP contribution in [0.2, 0.25) is 0 Å². The number of carbonyl (C=O) groups is 2. The lowest BCUT2D eigenvalue weighted by atomic mass is 9.98. The van der Waals surface area contributed by atoms with Gasteiger partial charge in [-0.15, -0.1) is 11.3 Å². The summed E-state index contributed by atoms with van der Waals surface area (Å²) in [5.74, 6) is -1.23. The summed E-state index contributed by atoms with van der Waals surface area (Å²) in [6, 6.07) is 6.05. The molecule has 0 atom stereocenters. The average molecular weight is 336 g/mol. The fraction of sp³-hybridized carbons (Fsp3) is 0.333. The maximum absolute atomic E-state index is 12.3. The summed E-state index contributed by atoms with van der Waals surface area (Å²) in [6.07, 6.45) is 0.274. The summed E-state index contributed by atoms with van der Waals surface area (Å²) in [7, 11) is 0. The van der Waals surface area contributed by atoms with Gasteiger partial charge in [0.05, 0.1) is 9.80 Å². The van der Waals surface area contributed by atoms with Crippen LogP contribution in [0.25, 0.3) is 10.1 Å². The van der Waals surface area contributed by atoms with E-state index in [9.17, 15) is 19.7 Å². The van der Waals surface area contributed by atoms with E-state index < -0.39 is 16.4 Å². The summed E-state index contributed by atoms with van der Waals surface area (Å²) in [5.41, 5.74) is -0.679. The van der Waals surface area contributed by atoms with E-state index in [0.717, 1.165) is 4.70 Å². The number of carboxylic acid groups (broad SMARTS) is 1. The molecule has 1 aromatic carbocycles. The largest absolute Gasteiger partial charge is 0.481 e. The molecule has 0 saturated heterocycles. The average Bonchev–Trinajstić information content (AvgIpc) is 2.87. The van der Waals surface area contributed by atoms with Gasteiger partial charge in [-0.25, -0.2) is 0 Å². The lowest BCUT2D eigenvalue weighted by Gasteiger charge is -2.25. The number of aliphatic carboxylic acids is 1. The molecule has 7 nitrogen and oxygen atoms in total. The highest BCUT2D eigenvalue weighted by Gasteiger charge is 2.23. The summed E-state index contributed by atoms with van der Waals surface area (Å²) < 4.78 is 0.782. The maximum atomic E-state index is 12.3. The van der Waals surface area contributed by atoms with E-state index >= 15 is 0 Å². The molecule has 2 rings (SSSR count). The van der Waals surface area contributed by atoms with Crippen molar-refractivity contribution in [3.63, 3.8) is 0 Å². The van der Waals surface area contributed by atoms with Gasteiger partial charge in [0.1, 0.15) is 0 Å². The molecule has 0 radical (unpaired) electrons. The molecule has 2 N–H and O–H groups in total. The highest BCUT2D eigenvalue weighted by Crippen LogP contribution is 2.29. The Morgan fingerprint density at radius 2 is 2.04 bits per heavy atom. The third kappa shape index (κ3) is 4.26. The number of nitrogens with zero attached hydrogens (tertiary/aromatic N) is 1. The van der Waals surface area contributed by atoms with Crippen LogP contribution in [0, 0.1) is 10.1 Å². The molecule has 0 aliphatic rings. The van der Waals surface area contributed by atoms with E-state index in [1.165, 1.54) is 23.5 Å². The fourth-order valence-corrected chi connectivity index (χ4v) is 3.05. The third-order valence-corrected chi connectivity index (χ3v) is 4.47. The van der Waals surface area contributed by atoms with Crippen molar-refractivity contribution < 1.29 is 19.6 Å². The van der Waals surface area contributed by atoms with Gasteiger partial charge >= 0.3 is 5.97 Å². The molecular weight excluding hydrogens is 320 g/mol. The summed E-state index contributed by atoms with van der Waals surface area (Å²) in [6.45, 7) is 3.51. The van der Waals surface area contributed by atoms with Gasteiger partial charge in [0, 0.05) is 34.2 Å². The van der Waals surface area contributed by atoms with Gasteiger partial charge in [-0.3, -0.25) is 19.7 Å². The topological polar surface area (TPSA) is 110 Å². The van der Waals surface area contributed by atoms with Gasteiger partial charge in [0.15, 0.2) is 0 Å². The monoisotopic (exact) mass is 336 g/mol. The van der Waals surface area contributed by atoms with Crippen molar-refractivity contribution in [1.82, 2.24) is 5.32 Å². The number of carboxylic acids is 1. The first-order valence-electron chi connectivity index (χ1n) is 6.90. The highest BCUT2D eigenvalue weighted by molar-refractivity contribution is 7.20. The Morgan fingerprint density at radius 3 is 2.65 bits per heavy atom. The van der Waals surface area contributed by atoms with Crippen molar-refractivity contribution in [1.29, 1.82) is 0 Å². The van der Waals surface area contributed by atoms with E-state index in [4.69, 9.17) is 5.11 Å². The molecule has 0 aliphatic heterocycles. The molecule has 1 amide bonds. The van der Waals surface area contributed by atoms with Gasteiger partial charge in [0.2, 0.25) is 0 Å². The fourth-order valence-electron chi connectivity index (χ4n) is 2.11. The van der Waals surface area contributed by atoms with Crippen LogP contribution in [0.1, 0.15) is 36.4 Å². The molecule has 1 heterocycles. The number of hydrogen-bond donors (Lipinski definition) is 2. The number of fused-ring (bicyclic) bond motifs is 1. The van der Waals surface area contributed by atoms with Crippen LogP contribution in [-0.4, -0.2) is 27.4 Å². The van der Waals surface area contributed by atoms with Crippen LogP contribution in [-0.2, 0) is 4.79 Å². The molecule has 0 saturated carbocycles. The van der Waals surface area contributed by atoms with Crippen LogP contribution in [0.3, 0.4) is 0 Å². The van der Waals surface area contributed by atoms with Crippen molar-refractivity contribution in [3.8, 4) is 0 Å². The molecule has 0 unspecified atom stereocenters. The number of nitro groups is 1. The number of amides is 1. The van der Waals surface area contributed by atoms with E-state index in [1.807, 2.05) is 0 Å². The minimum absolute atomic E-state index is 0.0240. The molecule has 1 aromatic heterocycles. The summed E-state index contributed by atoms with van der Waals surface area (Å²) >= 11 is 1.24. The van der Waals surface area contributed by atoms with Crippen LogP contribution in [0.5, 0.6) is 0 Å². The van der Waals surface area contributed by atoms with Gasteiger partial charge < -0.3 is 10.4 Å². The van der Waals surface area contributed by atoms with Crippen LogP contribution in [0.4, 0.5) is 5.69 Å². The van der Waals surface area contributed by atoms with Crippen LogP contribution < -0.4 is 5.32 Å². The first kappa shape index (κ1) is 16.9. The van der Waals surface area contributed by atoms with Gasteiger partial charge in [0.25, 0.3) is 11.6 Å². The predicted molar refractivity (Wildman–Crippen MR) is 86.9 cm³/mol. The Kier molecular flexibility index (Phi) is 4.65. The normalized spacial score (nSPS) is 11.4. The first-order valence-corrected chi connectivity index (χ1v) is 7.72. The Morgan fingerprint density at radius 1 is 1.35 bits per heavy atom. The second kappa shape index (κ2) is 6.33. The van der Waals surface area contributed by atoms with Crippen molar-refractivity contribution in [2.75, 3.05) is 0 Å². The lowest BCUT2D eigenvalue weighted by Crippen LogP contribution is -2.43. The molecule has 8 heteroatoms. The Labute approximate surface area is 136 Å². The molecule has 2 aromatic rings. The maximum Gasteiger partial charge on any atom is 0.303 e. The molecule has 0 fully saturated rings. The predicted octanol–water partition coefficient (Wildman–Crippen LogP) is 3.18. The zero-order chi connectivity index (χ0) is 17.2. The Balaban J connectivity index is 2.17. The number of carbonyl (C=O) groups excluding carboxylic acids is 1. The smallest absolute Gasteiger partial charge is 0.303 e. The molecule has 0 spiro atoms. The second-order valence-electron chi connectivity index (χ2n) is 5.82. The number of benzene rings is 1. The SMILES string of the molecule is CC(C)(CCC(=O)O)NC(=O)c1cc2cc([N+](=O)[O-])ccc2s1. The number of hydrogen-bond acceptors (Lipinski definition) is 5. The third-order valence-electron chi connectivity index (χ3n) is 3.35. The molecular formula is C15H16N2O5S. The minimum atomic E-state index is -0.915. The number of nitro benzene ring substituents is 1. The van der Waals surface area contributed by atoms with E-state index in [-0.39, 0.29) is 18.0 Å². The van der Waals surface area contributed by atoms with E-state index in [2.05, 4.69) is 5.32 Å². The van der Waals surface area contributed by atoms with Crippen molar-refractivity contribution in [2.24, 2.45) is 0 Å². The number of thiophene rings is 1. The van der Waals surface area contributed by atoms with Gasteiger partial charge in [-0.1, -0.05) is 0 Å². The minimum Gasteiger partial charge on any atom is -0.481 e. The first-order chi connectivity index (χ1) is 10.7. The summed E-state index contributed by atoms with van der Waals surface area (Å²) in [5, 5.41) is 22.9. The zero-order valence-corrected chi connectivity index (χ0v) is 13.5. The van der Waals surface area contributed by atoms with Crippen LogP contribution in [0.15, 0.2) is 24.3 Å². The lowest BCUT2D eigenvalue weighted by molar-refractivity contribution is -0.384. The van der Waals surface area contributed by atoms with Crippen molar-refractivity contribution in [2.45, 2.75) is 32.2 Å². The molecule has 0 aliphatic carbocycles.